The van der Waals surface area contributed by atoms with Crippen LogP contribution in [0.1, 0.15) is 46.6 Å². The van der Waals surface area contributed by atoms with E-state index in [1.165, 1.54) is 0 Å². The van der Waals surface area contributed by atoms with Gasteiger partial charge in [0, 0.05) is 11.1 Å². The van der Waals surface area contributed by atoms with Gasteiger partial charge in [-0.15, -0.1) is 0 Å². The predicted octanol–water partition coefficient (Wildman–Crippen LogP) is 4.27. The van der Waals surface area contributed by atoms with Crippen LogP contribution < -0.4 is 10.1 Å². The second-order valence-corrected chi connectivity index (χ2v) is 6.07. The van der Waals surface area contributed by atoms with E-state index < -0.39 is 0 Å². The van der Waals surface area contributed by atoms with Crippen molar-refractivity contribution in [3.63, 3.8) is 0 Å². The molecule has 2 nitrogen and oxygen atoms in total. The van der Waals surface area contributed by atoms with E-state index in [1.807, 2.05) is 32.0 Å². The minimum atomic E-state index is 0.187. The van der Waals surface area contributed by atoms with Crippen LogP contribution in [0.2, 0.25) is 0 Å². The first-order valence-electron chi connectivity index (χ1n) is 7.06. The molecule has 106 valence electrons. The third-order valence-corrected chi connectivity index (χ3v) is 2.55. The van der Waals surface area contributed by atoms with E-state index in [0.717, 1.165) is 24.3 Å². The van der Waals surface area contributed by atoms with Crippen LogP contribution >= 0.6 is 0 Å². The molecule has 0 heterocycles. The van der Waals surface area contributed by atoms with E-state index in [0.29, 0.717) is 0 Å². The topological polar surface area (TPSA) is 21.3 Å². The van der Waals surface area contributed by atoms with E-state index >= 15 is 0 Å². The van der Waals surface area contributed by atoms with E-state index in [2.05, 4.69) is 44.3 Å². The van der Waals surface area contributed by atoms with Gasteiger partial charge in [0.25, 0.3) is 0 Å². The van der Waals surface area contributed by atoms with Gasteiger partial charge < -0.3 is 10.1 Å². The zero-order valence-electron chi connectivity index (χ0n) is 12.9. The van der Waals surface area contributed by atoms with Gasteiger partial charge in [0.15, 0.2) is 0 Å². The highest BCUT2D eigenvalue weighted by Crippen LogP contribution is 2.20. The maximum atomic E-state index is 5.79. The number of para-hydroxylation sites is 1. The summed E-state index contributed by atoms with van der Waals surface area (Å²) in [5, 5.41) is 3.47. The quantitative estimate of drug-likeness (QED) is 0.772. The normalized spacial score (nSPS) is 12.3. The van der Waals surface area contributed by atoms with Crippen LogP contribution in [-0.2, 0) is 0 Å². The van der Waals surface area contributed by atoms with Gasteiger partial charge in [-0.1, -0.05) is 30.4 Å². The van der Waals surface area contributed by atoms with Gasteiger partial charge >= 0.3 is 0 Å². The van der Waals surface area contributed by atoms with E-state index in [9.17, 15) is 0 Å². The fourth-order valence-corrected chi connectivity index (χ4v) is 1.72. The highest BCUT2D eigenvalue weighted by atomic mass is 16.5. The standard InChI is InChI=1S/C17H27NO/c1-14(2)19-16-12-7-6-10-15(16)11-8-9-13-18-17(3,4)5/h6-8,10-12,14,18H,9,13H2,1-5H3. The molecule has 0 unspecified atom stereocenters. The molecular formula is C17H27NO. The summed E-state index contributed by atoms with van der Waals surface area (Å²) in [6, 6.07) is 8.16. The molecule has 0 saturated heterocycles. The molecule has 0 spiro atoms. The Morgan fingerprint density at radius 2 is 1.89 bits per heavy atom. The molecule has 0 bridgehead atoms. The zero-order valence-corrected chi connectivity index (χ0v) is 12.9. The van der Waals surface area contributed by atoms with Crippen molar-refractivity contribution in [3.05, 3.63) is 35.9 Å². The fourth-order valence-electron chi connectivity index (χ4n) is 1.72. The summed E-state index contributed by atoms with van der Waals surface area (Å²) in [5.74, 6) is 0.956. The van der Waals surface area contributed by atoms with Crippen molar-refractivity contribution < 1.29 is 4.74 Å². The third-order valence-electron chi connectivity index (χ3n) is 2.55. The molecule has 0 amide bonds. The van der Waals surface area contributed by atoms with Gasteiger partial charge in [-0.05, 0) is 53.7 Å². The summed E-state index contributed by atoms with van der Waals surface area (Å²) in [6.45, 7) is 11.6. The van der Waals surface area contributed by atoms with Crippen molar-refractivity contribution in [1.29, 1.82) is 0 Å². The summed E-state index contributed by atoms with van der Waals surface area (Å²) in [6.07, 6.45) is 5.56. The Morgan fingerprint density at radius 3 is 2.53 bits per heavy atom. The smallest absolute Gasteiger partial charge is 0.126 e. The number of rotatable bonds is 6. The second-order valence-electron chi connectivity index (χ2n) is 6.07. The van der Waals surface area contributed by atoms with Gasteiger partial charge in [0.1, 0.15) is 5.75 Å². The molecule has 2 heteroatoms. The van der Waals surface area contributed by atoms with E-state index in [-0.39, 0.29) is 11.6 Å². The lowest BCUT2D eigenvalue weighted by Crippen LogP contribution is -2.36. The molecule has 0 aliphatic carbocycles. The Balaban J connectivity index is 2.52. The molecule has 1 rings (SSSR count). The first kappa shape index (κ1) is 15.8. The number of ether oxygens (including phenoxy) is 1. The molecule has 0 atom stereocenters. The second kappa shape index (κ2) is 7.34. The van der Waals surface area contributed by atoms with Gasteiger partial charge in [-0.3, -0.25) is 0 Å². The monoisotopic (exact) mass is 261 g/mol. The molecule has 0 aromatic heterocycles. The lowest BCUT2D eigenvalue weighted by molar-refractivity contribution is 0.242. The first-order chi connectivity index (χ1) is 8.88. The molecule has 0 saturated carbocycles. The van der Waals surface area contributed by atoms with Gasteiger partial charge in [0.05, 0.1) is 6.10 Å². The first-order valence-corrected chi connectivity index (χ1v) is 7.06. The highest BCUT2D eigenvalue weighted by molar-refractivity contribution is 5.57. The molecule has 0 aliphatic rings. The maximum absolute atomic E-state index is 5.79. The molecule has 0 fully saturated rings. The number of nitrogens with one attached hydrogen (secondary N) is 1. The predicted molar refractivity (Wildman–Crippen MR) is 83.6 cm³/mol. The molecule has 0 aliphatic heterocycles. The van der Waals surface area contributed by atoms with Gasteiger partial charge in [-0.2, -0.15) is 0 Å². The van der Waals surface area contributed by atoms with Crippen LogP contribution in [0.15, 0.2) is 30.3 Å². The lowest BCUT2D eigenvalue weighted by atomic mass is 10.1. The van der Waals surface area contributed by atoms with Crippen molar-refractivity contribution in [2.45, 2.75) is 52.7 Å². The Labute approximate surface area is 117 Å². The Morgan fingerprint density at radius 1 is 1.21 bits per heavy atom. The largest absolute Gasteiger partial charge is 0.490 e. The van der Waals surface area contributed by atoms with Crippen molar-refractivity contribution in [1.82, 2.24) is 5.32 Å². The van der Waals surface area contributed by atoms with Crippen LogP contribution in [-0.4, -0.2) is 18.2 Å². The van der Waals surface area contributed by atoms with Gasteiger partial charge in [-0.25, -0.2) is 0 Å². The van der Waals surface area contributed by atoms with Crippen LogP contribution in [0.25, 0.3) is 6.08 Å². The third kappa shape index (κ3) is 7.02. The highest BCUT2D eigenvalue weighted by Gasteiger charge is 2.06. The summed E-state index contributed by atoms with van der Waals surface area (Å²) in [4.78, 5) is 0. The van der Waals surface area contributed by atoms with Gasteiger partial charge in [0.2, 0.25) is 0 Å². The van der Waals surface area contributed by atoms with Crippen molar-refractivity contribution in [2.75, 3.05) is 6.54 Å². The summed E-state index contributed by atoms with van der Waals surface area (Å²) in [7, 11) is 0. The van der Waals surface area contributed by atoms with E-state index in [4.69, 9.17) is 4.74 Å². The Hall–Kier alpha value is -1.28. The molecule has 1 N–H and O–H groups in total. The summed E-state index contributed by atoms with van der Waals surface area (Å²) in [5.41, 5.74) is 1.33. The minimum absolute atomic E-state index is 0.187. The molecule has 1 aromatic carbocycles. The zero-order chi connectivity index (χ0) is 14.3. The summed E-state index contributed by atoms with van der Waals surface area (Å²) < 4.78 is 5.79. The van der Waals surface area contributed by atoms with Crippen molar-refractivity contribution >= 4 is 6.08 Å². The van der Waals surface area contributed by atoms with Crippen molar-refractivity contribution in [3.8, 4) is 5.75 Å². The van der Waals surface area contributed by atoms with Crippen LogP contribution in [0.4, 0.5) is 0 Å². The molecule has 19 heavy (non-hydrogen) atoms. The van der Waals surface area contributed by atoms with Crippen molar-refractivity contribution in [2.24, 2.45) is 0 Å². The average Bonchev–Trinajstić information content (AvgIpc) is 2.28. The molecular weight excluding hydrogens is 234 g/mol. The number of benzene rings is 1. The Bertz CT molecular complexity index is 402. The average molecular weight is 261 g/mol. The van der Waals surface area contributed by atoms with Crippen LogP contribution in [0, 0.1) is 0 Å². The summed E-state index contributed by atoms with van der Waals surface area (Å²) >= 11 is 0. The number of hydrogen-bond acceptors (Lipinski definition) is 2. The lowest BCUT2D eigenvalue weighted by Gasteiger charge is -2.19. The van der Waals surface area contributed by atoms with Crippen LogP contribution in [0.3, 0.4) is 0 Å². The SMILES string of the molecule is CC(C)Oc1ccccc1C=CCCNC(C)(C)C. The number of hydrogen-bond donors (Lipinski definition) is 1. The van der Waals surface area contributed by atoms with E-state index in [1.54, 1.807) is 0 Å². The fraction of sp³-hybridized carbons (Fsp3) is 0.529. The van der Waals surface area contributed by atoms with Crippen LogP contribution in [0.5, 0.6) is 5.75 Å². The molecule has 1 aromatic rings. The molecule has 0 radical (unpaired) electrons. The Kier molecular flexibility index (Phi) is 6.10. The minimum Gasteiger partial charge on any atom is -0.490 e. The maximum Gasteiger partial charge on any atom is 0.126 e.